The maximum absolute atomic E-state index is 12.7. The Hall–Kier alpha value is -3.02. The van der Waals surface area contributed by atoms with Gasteiger partial charge in [-0.25, -0.2) is 4.79 Å². The smallest absolute Gasteiger partial charge is 0.319 e. The Labute approximate surface area is 159 Å². The van der Waals surface area contributed by atoms with E-state index in [1.807, 2.05) is 32.9 Å². The third-order valence-corrected chi connectivity index (χ3v) is 4.45. The Morgan fingerprint density at radius 3 is 2.44 bits per heavy atom. The van der Waals surface area contributed by atoms with Crippen molar-refractivity contribution in [1.82, 2.24) is 5.32 Å². The standard InChI is InChI=1S/C21H25N3O3/c1-4-27-18-7-5-16(6-8-18)22-21(26)23-19-9-10-24(20(19)25)17-12-14(2)11-15(3)13-17/h5-8,11-13,19H,4,9-10H2,1-3H3,(H2,22,23,26)/t19-/m0/s1. The quantitative estimate of drug-likeness (QED) is 0.848. The maximum atomic E-state index is 12.7. The molecule has 27 heavy (non-hydrogen) atoms. The molecule has 1 aliphatic heterocycles. The second-order valence-electron chi connectivity index (χ2n) is 6.73. The van der Waals surface area contributed by atoms with Crippen molar-refractivity contribution in [2.75, 3.05) is 23.4 Å². The highest BCUT2D eigenvalue weighted by atomic mass is 16.5. The molecule has 6 heteroatoms. The van der Waals surface area contributed by atoms with E-state index < -0.39 is 6.04 Å². The van der Waals surface area contributed by atoms with Gasteiger partial charge in [-0.2, -0.15) is 0 Å². The van der Waals surface area contributed by atoms with Crippen LogP contribution in [0.2, 0.25) is 0 Å². The van der Waals surface area contributed by atoms with Gasteiger partial charge in [0.05, 0.1) is 6.61 Å². The fraction of sp³-hybridized carbons (Fsp3) is 0.333. The van der Waals surface area contributed by atoms with Crippen molar-refractivity contribution in [2.45, 2.75) is 33.2 Å². The van der Waals surface area contributed by atoms with Crippen molar-refractivity contribution in [3.05, 3.63) is 53.6 Å². The highest BCUT2D eigenvalue weighted by Crippen LogP contribution is 2.24. The number of urea groups is 1. The number of carbonyl (C=O) groups excluding carboxylic acids is 2. The lowest BCUT2D eigenvalue weighted by Gasteiger charge is -2.18. The predicted octanol–water partition coefficient (Wildman–Crippen LogP) is 3.63. The zero-order chi connectivity index (χ0) is 19.4. The monoisotopic (exact) mass is 367 g/mol. The molecule has 1 atom stereocenters. The second-order valence-corrected chi connectivity index (χ2v) is 6.73. The maximum Gasteiger partial charge on any atom is 0.319 e. The fourth-order valence-electron chi connectivity index (χ4n) is 3.30. The molecule has 1 saturated heterocycles. The molecule has 0 saturated carbocycles. The van der Waals surface area contributed by atoms with Gasteiger partial charge < -0.3 is 20.3 Å². The third kappa shape index (κ3) is 4.58. The average Bonchev–Trinajstić information content (AvgIpc) is 2.96. The van der Waals surface area contributed by atoms with Gasteiger partial charge in [-0.1, -0.05) is 6.07 Å². The zero-order valence-corrected chi connectivity index (χ0v) is 15.9. The Bertz CT molecular complexity index is 813. The summed E-state index contributed by atoms with van der Waals surface area (Å²) in [5.41, 5.74) is 3.76. The van der Waals surface area contributed by atoms with Crippen LogP contribution in [0.25, 0.3) is 0 Å². The fourth-order valence-corrected chi connectivity index (χ4v) is 3.30. The lowest BCUT2D eigenvalue weighted by molar-refractivity contribution is -0.118. The first-order valence-electron chi connectivity index (χ1n) is 9.16. The van der Waals surface area contributed by atoms with Gasteiger partial charge in [0.25, 0.3) is 0 Å². The molecule has 0 unspecified atom stereocenters. The van der Waals surface area contributed by atoms with E-state index in [9.17, 15) is 9.59 Å². The largest absolute Gasteiger partial charge is 0.494 e. The first kappa shape index (κ1) is 18.8. The van der Waals surface area contributed by atoms with E-state index in [0.29, 0.717) is 25.3 Å². The van der Waals surface area contributed by atoms with Crippen LogP contribution in [-0.2, 0) is 4.79 Å². The molecule has 2 aromatic carbocycles. The number of nitrogens with one attached hydrogen (secondary N) is 2. The molecule has 0 bridgehead atoms. The summed E-state index contributed by atoms with van der Waals surface area (Å²) in [5.74, 6) is 0.667. The van der Waals surface area contributed by atoms with Gasteiger partial charge in [0.1, 0.15) is 11.8 Å². The number of rotatable bonds is 5. The summed E-state index contributed by atoms with van der Waals surface area (Å²) in [5, 5.41) is 5.53. The summed E-state index contributed by atoms with van der Waals surface area (Å²) in [6.45, 7) is 7.12. The molecular weight excluding hydrogens is 342 g/mol. The summed E-state index contributed by atoms with van der Waals surface area (Å²) in [4.78, 5) is 26.7. The number of carbonyl (C=O) groups is 2. The van der Waals surface area contributed by atoms with Crippen LogP contribution in [0.15, 0.2) is 42.5 Å². The second kappa shape index (κ2) is 8.12. The number of aryl methyl sites for hydroxylation is 2. The zero-order valence-electron chi connectivity index (χ0n) is 15.9. The molecule has 1 fully saturated rings. The van der Waals surface area contributed by atoms with Gasteiger partial charge in [-0.05, 0) is 74.7 Å². The van der Waals surface area contributed by atoms with E-state index >= 15 is 0 Å². The van der Waals surface area contributed by atoms with Crippen LogP contribution >= 0.6 is 0 Å². The Balaban J connectivity index is 1.59. The van der Waals surface area contributed by atoms with E-state index in [0.717, 1.165) is 22.6 Å². The van der Waals surface area contributed by atoms with Crippen molar-refractivity contribution in [1.29, 1.82) is 0 Å². The van der Waals surface area contributed by atoms with Gasteiger partial charge in [0.15, 0.2) is 0 Å². The number of hydrogen-bond acceptors (Lipinski definition) is 3. The van der Waals surface area contributed by atoms with E-state index in [1.165, 1.54) is 0 Å². The molecule has 3 amide bonds. The summed E-state index contributed by atoms with van der Waals surface area (Å²) in [6, 6.07) is 12.3. The SMILES string of the molecule is CCOc1ccc(NC(=O)N[C@H]2CCN(c3cc(C)cc(C)c3)C2=O)cc1. The molecular formula is C21H25N3O3. The van der Waals surface area contributed by atoms with Gasteiger partial charge >= 0.3 is 6.03 Å². The van der Waals surface area contributed by atoms with Crippen LogP contribution in [0.1, 0.15) is 24.5 Å². The van der Waals surface area contributed by atoms with Crippen molar-refractivity contribution in [2.24, 2.45) is 0 Å². The first-order valence-corrected chi connectivity index (χ1v) is 9.16. The number of anilines is 2. The summed E-state index contributed by atoms with van der Waals surface area (Å²) in [6.07, 6.45) is 0.586. The molecule has 6 nitrogen and oxygen atoms in total. The van der Waals surface area contributed by atoms with Crippen LogP contribution in [0.3, 0.4) is 0 Å². The number of hydrogen-bond donors (Lipinski definition) is 2. The van der Waals surface area contributed by atoms with Crippen molar-refractivity contribution >= 4 is 23.3 Å². The van der Waals surface area contributed by atoms with Crippen LogP contribution in [-0.4, -0.2) is 31.1 Å². The molecule has 3 rings (SSSR count). The Morgan fingerprint density at radius 1 is 1.15 bits per heavy atom. The van der Waals surface area contributed by atoms with Crippen LogP contribution in [0.5, 0.6) is 5.75 Å². The number of amides is 3. The molecule has 1 heterocycles. The lowest BCUT2D eigenvalue weighted by atomic mass is 10.1. The average molecular weight is 367 g/mol. The highest BCUT2D eigenvalue weighted by Gasteiger charge is 2.33. The summed E-state index contributed by atoms with van der Waals surface area (Å²) >= 11 is 0. The van der Waals surface area contributed by atoms with Crippen LogP contribution < -0.4 is 20.3 Å². The minimum absolute atomic E-state index is 0.0816. The lowest BCUT2D eigenvalue weighted by Crippen LogP contribution is -2.43. The van der Waals surface area contributed by atoms with Crippen LogP contribution in [0.4, 0.5) is 16.2 Å². The molecule has 0 spiro atoms. The molecule has 1 aliphatic rings. The molecule has 142 valence electrons. The van der Waals surface area contributed by atoms with E-state index in [4.69, 9.17) is 4.74 Å². The van der Waals surface area contributed by atoms with Crippen LogP contribution in [0, 0.1) is 13.8 Å². The van der Waals surface area contributed by atoms with Gasteiger partial charge in [0.2, 0.25) is 5.91 Å². The molecule has 2 N–H and O–H groups in total. The van der Waals surface area contributed by atoms with Crippen molar-refractivity contribution < 1.29 is 14.3 Å². The van der Waals surface area contributed by atoms with Gasteiger partial charge in [-0.3, -0.25) is 4.79 Å². The number of benzene rings is 2. The molecule has 0 aliphatic carbocycles. The Kier molecular flexibility index (Phi) is 5.64. The predicted molar refractivity (Wildman–Crippen MR) is 106 cm³/mol. The normalized spacial score (nSPS) is 16.3. The summed E-state index contributed by atoms with van der Waals surface area (Å²) < 4.78 is 5.38. The summed E-state index contributed by atoms with van der Waals surface area (Å²) in [7, 11) is 0. The van der Waals surface area contributed by atoms with Gasteiger partial charge in [-0.15, -0.1) is 0 Å². The molecule has 0 radical (unpaired) electrons. The first-order chi connectivity index (χ1) is 13.0. The highest BCUT2D eigenvalue weighted by molar-refractivity contribution is 6.02. The molecule has 2 aromatic rings. The minimum Gasteiger partial charge on any atom is -0.494 e. The van der Waals surface area contributed by atoms with Crippen molar-refractivity contribution in [3.63, 3.8) is 0 Å². The van der Waals surface area contributed by atoms with Crippen molar-refractivity contribution in [3.8, 4) is 5.75 Å². The Morgan fingerprint density at radius 2 is 1.81 bits per heavy atom. The topological polar surface area (TPSA) is 70.7 Å². The van der Waals surface area contributed by atoms with E-state index in [-0.39, 0.29) is 11.9 Å². The number of ether oxygens (including phenoxy) is 1. The molecule has 0 aromatic heterocycles. The van der Waals surface area contributed by atoms with Gasteiger partial charge in [0, 0.05) is 17.9 Å². The van der Waals surface area contributed by atoms with E-state index in [2.05, 4.69) is 16.7 Å². The minimum atomic E-state index is -0.520. The van der Waals surface area contributed by atoms with E-state index in [1.54, 1.807) is 29.2 Å². The third-order valence-electron chi connectivity index (χ3n) is 4.45. The number of nitrogens with zero attached hydrogens (tertiary/aromatic N) is 1.